The van der Waals surface area contributed by atoms with Crippen LogP contribution in [0.1, 0.15) is 18.4 Å². The Morgan fingerprint density at radius 1 is 1.44 bits per heavy atom. The average Bonchev–Trinajstić information content (AvgIpc) is 2.38. The number of rotatable bonds is 6. The van der Waals surface area contributed by atoms with Crippen molar-refractivity contribution < 1.29 is 4.79 Å². The molecule has 1 rings (SSSR count). The van der Waals surface area contributed by atoms with Crippen LogP contribution >= 0.6 is 11.8 Å². The third-order valence-electron chi connectivity index (χ3n) is 2.65. The Bertz CT molecular complexity index is 440. The number of amides is 1. The normalized spacial score (nSPS) is 9.83. The maximum Gasteiger partial charge on any atom is 0.223 e. The van der Waals surface area contributed by atoms with Crippen molar-refractivity contribution in [3.63, 3.8) is 0 Å². The van der Waals surface area contributed by atoms with E-state index in [0.717, 1.165) is 5.75 Å². The van der Waals surface area contributed by atoms with Crippen LogP contribution in [-0.2, 0) is 4.79 Å². The van der Waals surface area contributed by atoms with E-state index in [-0.39, 0.29) is 5.91 Å². The summed E-state index contributed by atoms with van der Waals surface area (Å²) in [4.78, 5) is 14.6. The highest BCUT2D eigenvalue weighted by Gasteiger charge is 2.08. The number of carbonyl (C=O) groups excluding carboxylic acids is 1. The van der Waals surface area contributed by atoms with Crippen LogP contribution in [0, 0.1) is 18.3 Å². The fourth-order valence-electron chi connectivity index (χ4n) is 1.50. The van der Waals surface area contributed by atoms with E-state index >= 15 is 0 Å². The fraction of sp³-hybridized carbons (Fsp3) is 0.429. The van der Waals surface area contributed by atoms with Crippen molar-refractivity contribution in [2.75, 3.05) is 19.3 Å². The minimum absolute atomic E-state index is 0.103. The number of carbonyl (C=O) groups is 1. The van der Waals surface area contributed by atoms with Crippen molar-refractivity contribution in [3.8, 4) is 6.07 Å². The highest BCUT2D eigenvalue weighted by molar-refractivity contribution is 7.99. The number of thioether (sulfide) groups is 1. The van der Waals surface area contributed by atoms with Gasteiger partial charge >= 0.3 is 0 Å². The van der Waals surface area contributed by atoms with Gasteiger partial charge in [0.2, 0.25) is 5.91 Å². The number of aryl methyl sites for hydroxylation is 1. The SMILES string of the molecule is Cc1ccccc1SCCC(=O)N(C)CCC#N. The zero-order chi connectivity index (χ0) is 13.4. The van der Waals surface area contributed by atoms with E-state index in [1.807, 2.05) is 18.2 Å². The molecule has 0 atom stereocenters. The summed E-state index contributed by atoms with van der Waals surface area (Å²) < 4.78 is 0. The lowest BCUT2D eigenvalue weighted by atomic mass is 10.2. The third kappa shape index (κ3) is 4.80. The van der Waals surface area contributed by atoms with Crippen LogP contribution in [0.15, 0.2) is 29.2 Å². The first kappa shape index (κ1) is 14.6. The van der Waals surface area contributed by atoms with Gasteiger partial charge in [0.1, 0.15) is 0 Å². The van der Waals surface area contributed by atoms with E-state index in [0.29, 0.717) is 19.4 Å². The van der Waals surface area contributed by atoms with Gasteiger partial charge in [0.05, 0.1) is 12.5 Å². The monoisotopic (exact) mass is 262 g/mol. The predicted molar refractivity (Wildman–Crippen MR) is 74.4 cm³/mol. The number of hydrogen-bond donors (Lipinski definition) is 0. The molecule has 0 aromatic heterocycles. The maximum atomic E-state index is 11.7. The van der Waals surface area contributed by atoms with Gasteiger partial charge in [0.25, 0.3) is 0 Å². The minimum atomic E-state index is 0.103. The summed E-state index contributed by atoms with van der Waals surface area (Å²) in [6.45, 7) is 2.59. The van der Waals surface area contributed by atoms with Gasteiger partial charge in [-0.05, 0) is 18.6 Å². The molecule has 0 N–H and O–H groups in total. The number of nitriles is 1. The second kappa shape index (κ2) is 7.78. The van der Waals surface area contributed by atoms with Gasteiger partial charge in [-0.15, -0.1) is 11.8 Å². The smallest absolute Gasteiger partial charge is 0.223 e. The molecule has 0 unspecified atom stereocenters. The Labute approximate surface area is 113 Å². The zero-order valence-corrected chi connectivity index (χ0v) is 11.7. The number of hydrogen-bond acceptors (Lipinski definition) is 3. The van der Waals surface area contributed by atoms with E-state index < -0.39 is 0 Å². The first-order valence-corrected chi connectivity index (χ1v) is 6.93. The van der Waals surface area contributed by atoms with Gasteiger partial charge in [-0.1, -0.05) is 18.2 Å². The Balaban J connectivity index is 2.32. The van der Waals surface area contributed by atoms with Gasteiger partial charge in [-0.3, -0.25) is 4.79 Å². The van der Waals surface area contributed by atoms with Crippen LogP contribution in [0.4, 0.5) is 0 Å². The van der Waals surface area contributed by atoms with Gasteiger partial charge in [-0.2, -0.15) is 5.26 Å². The van der Waals surface area contributed by atoms with Crippen molar-refractivity contribution in [3.05, 3.63) is 29.8 Å². The molecule has 1 aromatic carbocycles. The molecule has 0 saturated carbocycles. The average molecular weight is 262 g/mol. The maximum absolute atomic E-state index is 11.7. The second-order valence-electron chi connectivity index (χ2n) is 4.09. The van der Waals surface area contributed by atoms with Gasteiger partial charge < -0.3 is 4.90 Å². The molecule has 4 heteroatoms. The van der Waals surface area contributed by atoms with Gasteiger partial charge in [-0.25, -0.2) is 0 Å². The molecule has 18 heavy (non-hydrogen) atoms. The topological polar surface area (TPSA) is 44.1 Å². The lowest BCUT2D eigenvalue weighted by molar-refractivity contribution is -0.129. The molecule has 0 aliphatic rings. The Morgan fingerprint density at radius 2 is 2.17 bits per heavy atom. The van der Waals surface area contributed by atoms with Crippen LogP contribution in [0.3, 0.4) is 0 Å². The number of benzene rings is 1. The lowest BCUT2D eigenvalue weighted by Crippen LogP contribution is -2.27. The summed E-state index contributed by atoms with van der Waals surface area (Å²) in [5, 5.41) is 8.46. The van der Waals surface area contributed by atoms with Gasteiger partial charge in [0.15, 0.2) is 0 Å². The molecular weight excluding hydrogens is 244 g/mol. The standard InChI is InChI=1S/C14H18N2OS/c1-12-6-3-4-7-13(12)18-11-8-14(17)16(2)10-5-9-15/h3-4,6-7H,5,8,10-11H2,1-2H3. The lowest BCUT2D eigenvalue weighted by Gasteiger charge is -2.15. The van der Waals surface area contributed by atoms with Crippen LogP contribution in [0.5, 0.6) is 0 Å². The Morgan fingerprint density at radius 3 is 2.83 bits per heavy atom. The quantitative estimate of drug-likeness (QED) is 0.740. The molecule has 0 heterocycles. The van der Waals surface area contributed by atoms with Crippen LogP contribution in [0.2, 0.25) is 0 Å². The summed E-state index contributed by atoms with van der Waals surface area (Å²) in [6, 6.07) is 10.2. The molecular formula is C14H18N2OS. The van der Waals surface area contributed by atoms with E-state index in [4.69, 9.17) is 5.26 Å². The van der Waals surface area contributed by atoms with Crippen molar-refractivity contribution in [1.82, 2.24) is 4.90 Å². The zero-order valence-electron chi connectivity index (χ0n) is 10.8. The molecule has 3 nitrogen and oxygen atoms in total. The predicted octanol–water partition coefficient (Wildman–Crippen LogP) is 2.85. The van der Waals surface area contributed by atoms with E-state index in [1.165, 1.54) is 10.5 Å². The Kier molecular flexibility index (Phi) is 6.31. The van der Waals surface area contributed by atoms with Crippen molar-refractivity contribution in [2.24, 2.45) is 0 Å². The van der Waals surface area contributed by atoms with E-state index in [1.54, 1.807) is 23.7 Å². The summed E-state index contributed by atoms with van der Waals surface area (Å²) >= 11 is 1.70. The van der Waals surface area contributed by atoms with Gasteiger partial charge in [0, 0.05) is 30.7 Å². The second-order valence-corrected chi connectivity index (χ2v) is 5.22. The molecule has 0 aliphatic heterocycles. The summed E-state index contributed by atoms with van der Waals surface area (Å²) in [6.07, 6.45) is 0.911. The number of nitrogens with zero attached hydrogens (tertiary/aromatic N) is 2. The molecule has 0 fully saturated rings. The van der Waals surface area contributed by atoms with Crippen molar-refractivity contribution in [1.29, 1.82) is 5.26 Å². The molecule has 1 aromatic rings. The van der Waals surface area contributed by atoms with Crippen LogP contribution in [0.25, 0.3) is 0 Å². The first-order valence-electron chi connectivity index (χ1n) is 5.94. The molecule has 96 valence electrons. The molecule has 0 radical (unpaired) electrons. The van der Waals surface area contributed by atoms with Crippen molar-refractivity contribution >= 4 is 17.7 Å². The summed E-state index contributed by atoms with van der Waals surface area (Å²) in [7, 11) is 1.75. The molecule has 0 saturated heterocycles. The molecule has 1 amide bonds. The largest absolute Gasteiger partial charge is 0.345 e. The minimum Gasteiger partial charge on any atom is -0.345 e. The highest BCUT2D eigenvalue weighted by Crippen LogP contribution is 2.22. The highest BCUT2D eigenvalue weighted by atomic mass is 32.2. The van der Waals surface area contributed by atoms with E-state index in [2.05, 4.69) is 19.1 Å². The summed E-state index contributed by atoms with van der Waals surface area (Å²) in [5.74, 6) is 0.881. The molecule has 0 spiro atoms. The third-order valence-corrected chi connectivity index (χ3v) is 3.83. The molecule has 0 aliphatic carbocycles. The summed E-state index contributed by atoms with van der Waals surface area (Å²) in [5.41, 5.74) is 1.24. The first-order chi connectivity index (χ1) is 8.65. The van der Waals surface area contributed by atoms with Crippen molar-refractivity contribution in [2.45, 2.75) is 24.7 Å². The van der Waals surface area contributed by atoms with E-state index in [9.17, 15) is 4.79 Å². The fourth-order valence-corrected chi connectivity index (χ4v) is 2.47. The molecule has 0 bridgehead atoms. The van der Waals surface area contributed by atoms with Crippen LogP contribution < -0.4 is 0 Å². The van der Waals surface area contributed by atoms with Crippen LogP contribution in [-0.4, -0.2) is 30.2 Å². The Hall–Kier alpha value is -1.47.